The van der Waals surface area contributed by atoms with Gasteiger partial charge in [-0.15, -0.1) is 0 Å². The van der Waals surface area contributed by atoms with E-state index in [0.29, 0.717) is 84.0 Å². The Bertz CT molecular complexity index is 8340. The van der Waals surface area contributed by atoms with Crippen molar-refractivity contribution in [2.45, 2.75) is 27.1 Å². The van der Waals surface area contributed by atoms with Crippen LogP contribution < -0.4 is 5.14 Å². The first-order valence-electron chi connectivity index (χ1n) is 44.3. The number of thiocyanates is 1. The van der Waals surface area contributed by atoms with Crippen LogP contribution >= 0.6 is 11.8 Å². The third-order valence-corrected chi connectivity index (χ3v) is 24.8. The van der Waals surface area contributed by atoms with E-state index in [1.54, 1.807) is 231 Å². The van der Waals surface area contributed by atoms with Crippen LogP contribution in [-0.2, 0) is 19.9 Å². The minimum atomic E-state index is -5.60. The maximum absolute atomic E-state index is 13.0. The number of sulfone groups is 1. The number of nitrogens with zero attached hydrogens (tertiary/aromatic N) is 17. The third-order valence-electron chi connectivity index (χ3n) is 21.9. The molecule has 15 aromatic carbocycles. The van der Waals surface area contributed by atoms with Gasteiger partial charge in [0.05, 0.1) is 70.3 Å². The predicted molar refractivity (Wildman–Crippen MR) is 550 cm³/mol. The molecule has 0 bridgehead atoms. The van der Waals surface area contributed by atoms with Crippen LogP contribution in [0.3, 0.4) is 0 Å². The maximum Gasteiger partial charge on any atom is 0.501 e. The van der Waals surface area contributed by atoms with Crippen LogP contribution in [0.25, 0.3) is 171 Å². The molecule has 12 N–H and O–H groups in total. The molecule has 35 nitrogen and oxygen atoms in total. The number of halogens is 3. The molecule has 20 aromatic rings. The number of aromatic hydroxyl groups is 10. The number of nitrogens with two attached hydrogens (primary N) is 1. The summed E-state index contributed by atoms with van der Waals surface area (Å²) in [5, 5.41) is 130. The van der Waals surface area contributed by atoms with E-state index >= 15 is 0 Å². The molecule has 0 amide bonds. The molecule has 0 atom stereocenters. The van der Waals surface area contributed by atoms with E-state index in [9.17, 15) is 96.0 Å². The highest BCUT2D eigenvalue weighted by Gasteiger charge is 2.47. The Kier molecular flexibility index (Phi) is 31.0. The molecule has 0 fully saturated rings. The van der Waals surface area contributed by atoms with Crippen molar-refractivity contribution < 1.29 is 90.8 Å². The first-order chi connectivity index (χ1) is 72.1. The van der Waals surface area contributed by atoms with Crippen LogP contribution in [0.1, 0.15) is 17.3 Å². The molecule has 20 rings (SSSR count). The molecule has 150 heavy (non-hydrogen) atoms. The van der Waals surface area contributed by atoms with Crippen LogP contribution in [0.15, 0.2) is 379 Å². The van der Waals surface area contributed by atoms with Crippen LogP contribution in [0.4, 0.5) is 18.9 Å². The average molecular weight is 2060 g/mol. The lowest BCUT2D eigenvalue weighted by Gasteiger charge is -2.11. The van der Waals surface area contributed by atoms with Gasteiger partial charge in [-0.2, -0.15) is 18.4 Å². The fraction of sp³-hybridized carbons (Fsp3) is 0.0183. The van der Waals surface area contributed by atoms with Gasteiger partial charge in [0.25, 0.3) is 15.5 Å². The fourth-order valence-electron chi connectivity index (χ4n) is 14.5. The number of carbonyl (C=O) groups excluding carboxylic acids is 1. The Morgan fingerprint density at radius 3 is 0.733 bits per heavy atom. The number of hydrogen-bond donors (Lipinski definition) is 11. The zero-order chi connectivity index (χ0) is 106. The first kappa shape index (κ1) is 103. The summed E-state index contributed by atoms with van der Waals surface area (Å²) in [6, 6.07) is 95.6. The number of phenols is 10. The van der Waals surface area contributed by atoms with E-state index in [-0.39, 0.29) is 166 Å². The summed E-state index contributed by atoms with van der Waals surface area (Å²) in [5.41, 5.74) is 0.722. The number of sulfonamides is 1. The first-order valence-corrected chi connectivity index (χ1v) is 48.2. The number of aromatic nitrogens is 15. The SMILES string of the molecule is CC(=O)c1cccc(-c2nc(-c3ccccc3O)nc(-c3ccccc3O)n2)c1.N#CSc1cccc(-c2nc(-c3ccccc3O)nc(-c3ccccc3O)n2)c1.NS(=O)(=O)c1cccc(-c2nc(-c3ccccc3O)nc(-c3ccccc3O)n2)c1.O=S(=O)(c1cccc(-c2nc(-c3ccccc3O)nc(-c3ccccc3O)n2)c1)C(F)(F)F.O=[N+]([O-])c1cccc(-c2nc(-c3ccccc3O)nc(-c3ccccc3O)n2)c1. The Labute approximate surface area is 854 Å². The highest BCUT2D eigenvalue weighted by Crippen LogP contribution is 2.42. The second-order valence-corrected chi connectivity index (χ2v) is 36.3. The molecule has 0 unspecified atom stereocenters. The van der Waals surface area contributed by atoms with Crippen molar-refractivity contribution in [3.8, 4) is 234 Å². The Balaban J connectivity index is 0.000000134. The minimum Gasteiger partial charge on any atom is -0.507 e. The molecule has 0 spiro atoms. The lowest BCUT2D eigenvalue weighted by molar-refractivity contribution is -0.384. The van der Waals surface area contributed by atoms with Crippen molar-refractivity contribution >= 4 is 43.1 Å². The number of ketones is 1. The van der Waals surface area contributed by atoms with Crippen molar-refractivity contribution in [1.82, 2.24) is 74.8 Å². The van der Waals surface area contributed by atoms with Crippen LogP contribution in [0, 0.1) is 20.8 Å². The van der Waals surface area contributed by atoms with E-state index < -0.39 is 35.2 Å². The number of rotatable bonds is 20. The van der Waals surface area contributed by atoms with Crippen LogP contribution in [-0.4, -0.2) is 159 Å². The molecule has 0 saturated carbocycles. The maximum atomic E-state index is 13.0. The average Bonchev–Trinajstić information content (AvgIpc) is 0.396. The molecule has 5 aromatic heterocycles. The fourth-order valence-corrected chi connectivity index (χ4v) is 16.3. The number of nitro groups is 1. The van der Waals surface area contributed by atoms with E-state index in [1.165, 1.54) is 97.9 Å². The topological polar surface area (TPSA) is 574 Å². The molecule has 0 aliphatic rings. The van der Waals surface area contributed by atoms with Crippen LogP contribution in [0.2, 0.25) is 0 Å². The van der Waals surface area contributed by atoms with Gasteiger partial charge in [0, 0.05) is 50.4 Å². The van der Waals surface area contributed by atoms with Gasteiger partial charge in [0.1, 0.15) is 62.9 Å². The smallest absolute Gasteiger partial charge is 0.501 e. The predicted octanol–water partition coefficient (Wildman–Crippen LogP) is 21.0. The van der Waals surface area contributed by atoms with Gasteiger partial charge in [-0.1, -0.05) is 188 Å². The monoisotopic (exact) mass is 2060 g/mol. The lowest BCUT2D eigenvalue weighted by Crippen LogP contribution is -2.23. The van der Waals surface area contributed by atoms with E-state index in [1.807, 2.05) is 29.7 Å². The van der Waals surface area contributed by atoms with Crippen molar-refractivity contribution in [3.63, 3.8) is 0 Å². The number of benzene rings is 15. The van der Waals surface area contributed by atoms with Crippen molar-refractivity contribution in [2.75, 3.05) is 0 Å². The normalized spacial score (nSPS) is 11.0. The van der Waals surface area contributed by atoms with Crippen molar-refractivity contribution in [3.05, 3.63) is 380 Å². The van der Waals surface area contributed by atoms with E-state index in [4.69, 9.17) is 10.4 Å². The highest BCUT2D eigenvalue weighted by atomic mass is 32.2. The van der Waals surface area contributed by atoms with Crippen molar-refractivity contribution in [2.24, 2.45) is 5.14 Å². The largest absolute Gasteiger partial charge is 0.507 e. The molecular weight excluding hydrogens is 1990 g/mol. The van der Waals surface area contributed by atoms with Gasteiger partial charge in [0.2, 0.25) is 10.0 Å². The Morgan fingerprint density at radius 1 is 0.293 bits per heavy atom. The standard InChI is InChI=1S/C23H17N3O3.C22H14F3N3O4S.C22H14N4O2S.C21H16N4O4S.C21H14N4O4/c1-14(27)15-7-6-8-16(13-15)21-24-22(17-9-2-4-11-19(17)28)26-23(25-21)18-10-3-5-12-20(18)29;23-22(24,25)33(31,32)14-7-5-6-13(12-14)19-26-20(15-8-1-3-10-17(15)29)28-21(27-19)16-9-2-4-11-18(16)30;23-13-29-15-7-5-6-14(12-15)20-24-21(16-8-1-3-10-18(16)27)26-22(25-20)17-9-2-4-11-19(17)28;22-30(28,29)14-7-5-6-13(12-14)19-23-20(15-8-1-3-10-17(15)26)25-21(24-19)16-9-2-4-11-18(16)27;26-17-10-3-1-8-15(17)20-22-19(13-6-5-7-14(12-13)25(28)29)23-21(24-20)16-9-2-4-11-18(16)27/h2-13,28-29H,1H3;1-12,29-30H;1-12,27-28H;1-12,26-27H,(H2,22,28,29);1-12,26-27H. The Morgan fingerprint density at radius 2 is 0.500 bits per heavy atom. The number of alkyl halides is 3. The van der Waals surface area contributed by atoms with E-state index in [0.717, 1.165) is 34.9 Å². The zero-order valence-electron chi connectivity index (χ0n) is 77.5. The number of hydrogen-bond acceptors (Lipinski definition) is 34. The minimum absolute atomic E-state index is 0.0214. The van der Waals surface area contributed by atoms with Gasteiger partial charge < -0.3 is 51.1 Å². The quantitative estimate of drug-likeness (QED) is 0.0111. The van der Waals surface area contributed by atoms with Gasteiger partial charge in [-0.25, -0.2) is 96.7 Å². The van der Waals surface area contributed by atoms with Gasteiger partial charge in [-0.05, 0) is 182 Å². The number of nitriles is 1. The number of para-hydroxylation sites is 10. The van der Waals surface area contributed by atoms with Crippen LogP contribution in [0.5, 0.6) is 57.5 Å². The summed E-state index contributed by atoms with van der Waals surface area (Å²) in [4.78, 5) is 88.4. The summed E-state index contributed by atoms with van der Waals surface area (Å²) in [6.45, 7) is 1.49. The number of nitro benzene ring substituents is 1. The summed E-state index contributed by atoms with van der Waals surface area (Å²) in [6.07, 6.45) is 0. The summed E-state index contributed by atoms with van der Waals surface area (Å²) >= 11 is 1.04. The number of primary sulfonamides is 1. The highest BCUT2D eigenvalue weighted by molar-refractivity contribution is 8.03. The Hall–Kier alpha value is -20.1. The molecule has 0 saturated heterocycles. The van der Waals surface area contributed by atoms with Gasteiger partial charge >= 0.3 is 5.51 Å². The van der Waals surface area contributed by atoms with Gasteiger partial charge in [-0.3, -0.25) is 14.9 Å². The van der Waals surface area contributed by atoms with E-state index in [2.05, 4.69) is 74.8 Å². The lowest BCUT2D eigenvalue weighted by atomic mass is 10.1. The summed E-state index contributed by atoms with van der Waals surface area (Å²) in [5.74, 6) is 2.27. The number of phenolic OH excluding ortho intramolecular Hbond substituents is 10. The molecule has 742 valence electrons. The number of non-ortho nitro benzene ring substituents is 1. The van der Waals surface area contributed by atoms with Gasteiger partial charge in [0.15, 0.2) is 93.1 Å². The number of thioether (sulfide) groups is 1. The molecule has 41 heteroatoms. The molecule has 0 radical (unpaired) electrons. The summed E-state index contributed by atoms with van der Waals surface area (Å²) in [7, 11) is -9.52. The zero-order valence-corrected chi connectivity index (χ0v) is 80.0. The summed E-state index contributed by atoms with van der Waals surface area (Å²) < 4.78 is 86.3. The number of carbonyl (C=O) groups is 1. The molecular formula is C109H75F3N18O17S3. The molecule has 0 aliphatic carbocycles. The molecule has 0 aliphatic heterocycles. The second kappa shape index (κ2) is 45.2. The second-order valence-electron chi connectivity index (χ2n) is 31.9. The molecule has 5 heterocycles. The van der Waals surface area contributed by atoms with Crippen molar-refractivity contribution in [1.29, 1.82) is 5.26 Å². The number of Topliss-reactive ketones (excluding diaryl/α,β-unsaturated/α-hetero) is 1. The third kappa shape index (κ3) is 24.2.